The second-order valence-corrected chi connectivity index (χ2v) is 6.55. The van der Waals surface area contributed by atoms with E-state index in [9.17, 15) is 5.11 Å². The molecule has 3 rings (SSSR count). The molecule has 5 heteroatoms. The van der Waals surface area contributed by atoms with Crippen molar-refractivity contribution in [3.63, 3.8) is 0 Å². The molecule has 136 valence electrons. The van der Waals surface area contributed by atoms with Gasteiger partial charge in [0.2, 0.25) is 0 Å². The van der Waals surface area contributed by atoms with Crippen LogP contribution in [0, 0.1) is 0 Å². The molecular weight excluding hydrogens is 350 g/mol. The highest BCUT2D eigenvalue weighted by Crippen LogP contribution is 2.31. The van der Waals surface area contributed by atoms with Crippen LogP contribution in [0.5, 0.6) is 5.75 Å². The van der Waals surface area contributed by atoms with Crippen LogP contribution in [0.3, 0.4) is 0 Å². The molecule has 0 aliphatic heterocycles. The fraction of sp³-hybridized carbons (Fsp3) is 0.238. The molecule has 0 bridgehead atoms. The molecule has 4 nitrogen and oxygen atoms in total. The molecular formula is C21H22ClNO3. The Hall–Kier alpha value is -2.27. The molecule has 2 aromatic carbocycles. The van der Waals surface area contributed by atoms with Crippen LogP contribution in [-0.4, -0.2) is 18.3 Å². The molecule has 1 heterocycles. The van der Waals surface area contributed by atoms with E-state index in [1.807, 2.05) is 67.6 Å². The Balaban J connectivity index is 1.62. The average Bonchev–Trinajstić information content (AvgIpc) is 3.15. The first-order chi connectivity index (χ1) is 12.6. The fourth-order valence-corrected chi connectivity index (χ4v) is 3.02. The van der Waals surface area contributed by atoms with Gasteiger partial charge < -0.3 is 19.6 Å². The Morgan fingerprint density at radius 2 is 1.88 bits per heavy atom. The summed E-state index contributed by atoms with van der Waals surface area (Å²) in [6.07, 6.45) is -0.578. The van der Waals surface area contributed by atoms with Crippen LogP contribution in [0.4, 0.5) is 0 Å². The zero-order valence-corrected chi connectivity index (χ0v) is 15.5. The Labute approximate surface area is 158 Å². The number of methoxy groups -OCH3 is 1. The van der Waals surface area contributed by atoms with Crippen molar-refractivity contribution in [2.45, 2.75) is 25.6 Å². The lowest BCUT2D eigenvalue weighted by atomic mass is 10.0. The van der Waals surface area contributed by atoms with Gasteiger partial charge in [0.05, 0.1) is 24.8 Å². The van der Waals surface area contributed by atoms with Crippen molar-refractivity contribution in [1.29, 1.82) is 0 Å². The first-order valence-electron chi connectivity index (χ1n) is 8.47. The number of rotatable bonds is 7. The molecule has 1 aromatic heterocycles. The second-order valence-electron chi connectivity index (χ2n) is 6.14. The van der Waals surface area contributed by atoms with Gasteiger partial charge in [-0.05, 0) is 42.8 Å². The Kier molecular flexibility index (Phi) is 5.99. The van der Waals surface area contributed by atoms with Crippen molar-refractivity contribution >= 4 is 11.6 Å². The van der Waals surface area contributed by atoms with E-state index in [0.29, 0.717) is 17.3 Å². The summed E-state index contributed by atoms with van der Waals surface area (Å²) in [5, 5.41) is 14.3. The molecule has 0 saturated carbocycles. The summed E-state index contributed by atoms with van der Waals surface area (Å²) in [6.45, 7) is 2.47. The Morgan fingerprint density at radius 3 is 2.58 bits per heavy atom. The highest BCUT2D eigenvalue weighted by atomic mass is 35.5. The van der Waals surface area contributed by atoms with Gasteiger partial charge in [0, 0.05) is 11.6 Å². The Morgan fingerprint density at radius 1 is 1.12 bits per heavy atom. The van der Waals surface area contributed by atoms with Gasteiger partial charge in [-0.3, -0.25) is 0 Å². The average molecular weight is 372 g/mol. The molecule has 3 aromatic rings. The third kappa shape index (κ3) is 4.28. The van der Waals surface area contributed by atoms with Gasteiger partial charge in [-0.2, -0.15) is 0 Å². The smallest absolute Gasteiger partial charge is 0.137 e. The van der Waals surface area contributed by atoms with Crippen molar-refractivity contribution in [3.8, 4) is 17.1 Å². The number of nitrogens with one attached hydrogen (secondary N) is 1. The van der Waals surface area contributed by atoms with Gasteiger partial charge >= 0.3 is 0 Å². The van der Waals surface area contributed by atoms with E-state index in [1.165, 1.54) is 0 Å². The van der Waals surface area contributed by atoms with Gasteiger partial charge in [0.15, 0.2) is 0 Å². The van der Waals surface area contributed by atoms with Crippen LogP contribution in [-0.2, 0) is 6.54 Å². The first-order valence-corrected chi connectivity index (χ1v) is 8.85. The summed E-state index contributed by atoms with van der Waals surface area (Å²) in [5.74, 6) is 2.16. The monoisotopic (exact) mass is 371 g/mol. The number of halogens is 1. The van der Waals surface area contributed by atoms with Crippen LogP contribution >= 0.6 is 11.6 Å². The molecule has 2 atom stereocenters. The van der Waals surface area contributed by atoms with E-state index in [-0.39, 0.29) is 6.04 Å². The number of hydrogen-bond donors (Lipinski definition) is 2. The summed E-state index contributed by atoms with van der Waals surface area (Å²) >= 11 is 6.18. The van der Waals surface area contributed by atoms with Crippen molar-refractivity contribution < 1.29 is 14.3 Å². The second kappa shape index (κ2) is 8.41. The van der Waals surface area contributed by atoms with Gasteiger partial charge in [0.1, 0.15) is 17.3 Å². The van der Waals surface area contributed by atoms with Crippen LogP contribution in [0.25, 0.3) is 11.3 Å². The van der Waals surface area contributed by atoms with Crippen LogP contribution in [0.1, 0.15) is 24.4 Å². The van der Waals surface area contributed by atoms with E-state index < -0.39 is 6.10 Å². The molecule has 0 aliphatic carbocycles. The number of ether oxygens (including phenoxy) is 1. The molecule has 0 saturated heterocycles. The van der Waals surface area contributed by atoms with Crippen molar-refractivity contribution in [2.24, 2.45) is 0 Å². The lowest BCUT2D eigenvalue weighted by Gasteiger charge is -2.20. The normalized spacial score (nSPS) is 13.4. The lowest BCUT2D eigenvalue weighted by molar-refractivity contribution is 0.134. The number of hydrogen-bond acceptors (Lipinski definition) is 4. The van der Waals surface area contributed by atoms with Crippen LogP contribution in [0.2, 0.25) is 5.02 Å². The quantitative estimate of drug-likeness (QED) is 0.625. The molecule has 0 aliphatic rings. The standard InChI is InChI=1S/C21H22ClNO3/c1-14(21(24)15-6-4-3-5-7-15)23-13-17-9-11-19(26-17)16-8-10-20(25-2)18(22)12-16/h3-12,14,21,23-24H,13H2,1-2H3/t14-,21+/m1/s1. The maximum atomic E-state index is 10.4. The molecule has 0 fully saturated rings. The van der Waals surface area contributed by atoms with Crippen molar-refractivity contribution in [1.82, 2.24) is 5.32 Å². The predicted molar refractivity (Wildman–Crippen MR) is 103 cm³/mol. The third-order valence-electron chi connectivity index (χ3n) is 4.31. The minimum atomic E-state index is -0.578. The number of benzene rings is 2. The first kappa shape index (κ1) is 18.5. The Bertz CT molecular complexity index is 847. The predicted octanol–water partition coefficient (Wildman–Crippen LogP) is 4.82. The topological polar surface area (TPSA) is 54.6 Å². The largest absolute Gasteiger partial charge is 0.495 e. The van der Waals surface area contributed by atoms with E-state index in [4.69, 9.17) is 20.8 Å². The SMILES string of the molecule is COc1ccc(-c2ccc(CN[C@H](C)[C@H](O)c3ccccc3)o2)cc1Cl. The third-order valence-corrected chi connectivity index (χ3v) is 4.61. The minimum absolute atomic E-state index is 0.110. The molecule has 0 amide bonds. The van der Waals surface area contributed by atoms with Gasteiger partial charge in [-0.25, -0.2) is 0 Å². The number of aliphatic hydroxyl groups excluding tert-OH is 1. The van der Waals surface area contributed by atoms with Crippen molar-refractivity contribution in [3.05, 3.63) is 77.0 Å². The summed E-state index contributed by atoms with van der Waals surface area (Å²) in [4.78, 5) is 0. The lowest BCUT2D eigenvalue weighted by Crippen LogP contribution is -2.31. The molecule has 0 spiro atoms. The summed E-state index contributed by atoms with van der Waals surface area (Å²) in [7, 11) is 1.59. The zero-order valence-electron chi connectivity index (χ0n) is 14.8. The van der Waals surface area contributed by atoms with Gasteiger partial charge in [-0.15, -0.1) is 0 Å². The highest BCUT2D eigenvalue weighted by Gasteiger charge is 2.16. The molecule has 26 heavy (non-hydrogen) atoms. The molecule has 0 unspecified atom stereocenters. The summed E-state index contributed by atoms with van der Waals surface area (Å²) < 4.78 is 11.1. The van der Waals surface area contributed by atoms with Crippen LogP contribution in [0.15, 0.2) is 65.1 Å². The highest BCUT2D eigenvalue weighted by molar-refractivity contribution is 6.32. The van der Waals surface area contributed by atoms with Gasteiger partial charge in [0.25, 0.3) is 0 Å². The molecule has 2 N–H and O–H groups in total. The van der Waals surface area contributed by atoms with E-state index in [1.54, 1.807) is 7.11 Å². The van der Waals surface area contributed by atoms with Crippen molar-refractivity contribution in [2.75, 3.05) is 7.11 Å². The summed E-state index contributed by atoms with van der Waals surface area (Å²) in [5.41, 5.74) is 1.78. The molecule has 0 radical (unpaired) electrons. The van der Waals surface area contributed by atoms with E-state index in [2.05, 4.69) is 5.32 Å². The maximum Gasteiger partial charge on any atom is 0.137 e. The fourth-order valence-electron chi connectivity index (χ4n) is 2.76. The van der Waals surface area contributed by atoms with Crippen LogP contribution < -0.4 is 10.1 Å². The number of aliphatic hydroxyl groups is 1. The minimum Gasteiger partial charge on any atom is -0.495 e. The van der Waals surface area contributed by atoms with E-state index in [0.717, 1.165) is 22.6 Å². The zero-order chi connectivity index (χ0) is 18.5. The van der Waals surface area contributed by atoms with E-state index >= 15 is 0 Å². The maximum absolute atomic E-state index is 10.4. The summed E-state index contributed by atoms with van der Waals surface area (Å²) in [6, 6.07) is 18.9. The number of furan rings is 1. The van der Waals surface area contributed by atoms with Gasteiger partial charge in [-0.1, -0.05) is 41.9 Å².